The molecule has 0 radical (unpaired) electrons. The lowest BCUT2D eigenvalue weighted by Gasteiger charge is -2.21. The lowest BCUT2D eigenvalue weighted by molar-refractivity contribution is 0.0969. The van der Waals surface area contributed by atoms with Crippen LogP contribution in [0.1, 0.15) is 31.8 Å². The Labute approximate surface area is 122 Å². The molecule has 2 aromatic rings. The fourth-order valence-electron chi connectivity index (χ4n) is 2.49. The minimum atomic E-state index is -1.70. The number of hydrogen-bond acceptors (Lipinski definition) is 4. The summed E-state index contributed by atoms with van der Waals surface area (Å²) in [5.41, 5.74) is 1.77. The number of anilines is 1. The van der Waals surface area contributed by atoms with Gasteiger partial charge in [-0.1, -0.05) is 12.1 Å². The molecule has 112 valence electrons. The van der Waals surface area contributed by atoms with Crippen LogP contribution in [0.15, 0.2) is 18.2 Å². The monoisotopic (exact) mass is 307 g/mol. The van der Waals surface area contributed by atoms with Crippen LogP contribution < -0.4 is 10.5 Å². The molecule has 3 rings (SSSR count). The molecular formula is C15H8F3NO3. The van der Waals surface area contributed by atoms with Crippen LogP contribution in [0.5, 0.6) is 5.75 Å². The van der Waals surface area contributed by atoms with Gasteiger partial charge in [-0.3, -0.25) is 9.59 Å². The fraction of sp³-hybridized carbons (Fsp3) is 0.0667. The normalized spacial score (nSPS) is 12.9. The van der Waals surface area contributed by atoms with E-state index >= 15 is 0 Å². The fourth-order valence-corrected chi connectivity index (χ4v) is 2.49. The van der Waals surface area contributed by atoms with Crippen LogP contribution in [0, 0.1) is 17.5 Å². The van der Waals surface area contributed by atoms with Gasteiger partial charge in [-0.15, -0.1) is 0 Å². The lowest BCUT2D eigenvalue weighted by Crippen LogP contribution is -2.26. The topological polar surface area (TPSA) is 69.4 Å². The van der Waals surface area contributed by atoms with Gasteiger partial charge in [0.05, 0.1) is 23.8 Å². The van der Waals surface area contributed by atoms with Gasteiger partial charge in [0.2, 0.25) is 5.78 Å². The van der Waals surface area contributed by atoms with Crippen LogP contribution in [0.25, 0.3) is 0 Å². The van der Waals surface area contributed by atoms with Gasteiger partial charge in [-0.2, -0.15) is 0 Å². The number of ketones is 2. The second-order valence-electron chi connectivity index (χ2n) is 4.65. The van der Waals surface area contributed by atoms with Gasteiger partial charge in [0.25, 0.3) is 0 Å². The molecule has 2 aromatic carbocycles. The van der Waals surface area contributed by atoms with Crippen molar-refractivity contribution in [1.82, 2.24) is 0 Å². The first-order valence-electron chi connectivity index (χ1n) is 6.12. The van der Waals surface area contributed by atoms with Crippen LogP contribution in [0.2, 0.25) is 0 Å². The van der Waals surface area contributed by atoms with Crippen molar-refractivity contribution in [3.05, 3.63) is 57.9 Å². The number of hydrogen-bond donors (Lipinski definition) is 1. The first-order valence-corrected chi connectivity index (χ1v) is 6.12. The Balaban J connectivity index is 2.45. The second kappa shape index (κ2) is 4.59. The quantitative estimate of drug-likeness (QED) is 0.554. The summed E-state index contributed by atoms with van der Waals surface area (Å²) in [4.78, 5) is 24.8. The molecule has 0 heterocycles. The van der Waals surface area contributed by atoms with E-state index in [-0.39, 0.29) is 16.9 Å². The van der Waals surface area contributed by atoms with E-state index in [1.165, 1.54) is 25.3 Å². The summed E-state index contributed by atoms with van der Waals surface area (Å²) in [5.74, 6) is -6.76. The van der Waals surface area contributed by atoms with Crippen LogP contribution in [-0.4, -0.2) is 18.7 Å². The lowest BCUT2D eigenvalue weighted by atomic mass is 9.82. The molecule has 0 aliphatic heterocycles. The molecule has 0 fully saturated rings. The van der Waals surface area contributed by atoms with Gasteiger partial charge in [0.1, 0.15) is 11.4 Å². The average Bonchev–Trinajstić information content (AvgIpc) is 2.53. The van der Waals surface area contributed by atoms with Crippen molar-refractivity contribution in [3.63, 3.8) is 0 Å². The number of nitrogens with two attached hydrogens (primary N) is 1. The number of ether oxygens (including phenoxy) is 1. The summed E-state index contributed by atoms with van der Waals surface area (Å²) in [6.07, 6.45) is 0. The first-order chi connectivity index (χ1) is 10.4. The number of nitrogen functional groups attached to an aromatic ring is 1. The maximum Gasteiger partial charge on any atom is 0.201 e. The largest absolute Gasteiger partial charge is 0.496 e. The molecule has 7 heteroatoms. The smallest absolute Gasteiger partial charge is 0.201 e. The highest BCUT2D eigenvalue weighted by atomic mass is 19.2. The highest BCUT2D eigenvalue weighted by Crippen LogP contribution is 2.37. The maximum absolute atomic E-state index is 14.1. The molecule has 4 nitrogen and oxygen atoms in total. The van der Waals surface area contributed by atoms with E-state index in [4.69, 9.17) is 10.5 Å². The van der Waals surface area contributed by atoms with E-state index in [9.17, 15) is 22.8 Å². The van der Waals surface area contributed by atoms with Gasteiger partial charge in [-0.25, -0.2) is 13.2 Å². The molecule has 1 aliphatic carbocycles. The number of carbonyl (C=O) groups is 2. The second-order valence-corrected chi connectivity index (χ2v) is 4.65. The van der Waals surface area contributed by atoms with Gasteiger partial charge >= 0.3 is 0 Å². The molecule has 2 N–H and O–H groups in total. The SMILES string of the molecule is COc1cccc2c1C(=O)c1c(F)c(F)c(N)c(F)c1C2=O. The summed E-state index contributed by atoms with van der Waals surface area (Å²) in [7, 11) is 1.25. The Hall–Kier alpha value is -2.83. The number of fused-ring (bicyclic) bond motifs is 2. The molecule has 0 bridgehead atoms. The van der Waals surface area contributed by atoms with Crippen molar-refractivity contribution in [2.45, 2.75) is 0 Å². The zero-order chi connectivity index (χ0) is 16.2. The van der Waals surface area contributed by atoms with Crippen LogP contribution in [-0.2, 0) is 0 Å². The van der Waals surface area contributed by atoms with E-state index < -0.39 is 45.8 Å². The van der Waals surface area contributed by atoms with Gasteiger partial charge < -0.3 is 10.5 Å². The summed E-state index contributed by atoms with van der Waals surface area (Å²) >= 11 is 0. The Morgan fingerprint density at radius 3 is 2.18 bits per heavy atom. The molecule has 0 unspecified atom stereocenters. The molecule has 0 saturated carbocycles. The molecule has 0 saturated heterocycles. The van der Waals surface area contributed by atoms with Gasteiger partial charge in [0.15, 0.2) is 23.2 Å². The van der Waals surface area contributed by atoms with Crippen molar-refractivity contribution >= 4 is 17.3 Å². The molecule has 0 aromatic heterocycles. The summed E-state index contributed by atoms with van der Waals surface area (Å²) in [5, 5.41) is 0. The standard InChI is InChI=1S/C15H8F3NO3/c1-22-6-4-2-3-5-7(6)15(21)8-9(14(5)20)11(17)13(19)12(18)10(8)16/h2-4H,19H2,1H3. The highest BCUT2D eigenvalue weighted by molar-refractivity contribution is 6.29. The first kappa shape index (κ1) is 14.1. The van der Waals surface area contributed by atoms with E-state index in [0.717, 1.165) is 0 Å². The third-order valence-corrected chi connectivity index (χ3v) is 3.53. The Kier molecular flexibility index (Phi) is 2.94. The van der Waals surface area contributed by atoms with Crippen LogP contribution >= 0.6 is 0 Å². The van der Waals surface area contributed by atoms with Crippen molar-refractivity contribution in [3.8, 4) is 5.75 Å². The van der Waals surface area contributed by atoms with Gasteiger partial charge in [-0.05, 0) is 6.07 Å². The third-order valence-electron chi connectivity index (χ3n) is 3.53. The number of rotatable bonds is 1. The predicted octanol–water partition coefficient (Wildman–Crippen LogP) is 2.47. The Morgan fingerprint density at radius 1 is 0.909 bits per heavy atom. The predicted molar refractivity (Wildman–Crippen MR) is 70.6 cm³/mol. The number of methoxy groups -OCH3 is 1. The summed E-state index contributed by atoms with van der Waals surface area (Å²) < 4.78 is 46.7. The van der Waals surface area contributed by atoms with Crippen molar-refractivity contribution < 1.29 is 27.5 Å². The van der Waals surface area contributed by atoms with E-state index in [1.54, 1.807) is 0 Å². The molecular weight excluding hydrogens is 299 g/mol. The summed E-state index contributed by atoms with van der Waals surface area (Å²) in [6.45, 7) is 0. The van der Waals surface area contributed by atoms with Crippen molar-refractivity contribution in [2.24, 2.45) is 0 Å². The molecule has 0 amide bonds. The average molecular weight is 307 g/mol. The summed E-state index contributed by atoms with van der Waals surface area (Å²) in [6, 6.07) is 4.09. The molecule has 0 spiro atoms. The molecule has 1 aliphatic rings. The zero-order valence-electron chi connectivity index (χ0n) is 11.2. The van der Waals surface area contributed by atoms with Crippen molar-refractivity contribution in [1.29, 1.82) is 0 Å². The Bertz CT molecular complexity index is 862. The number of benzene rings is 2. The zero-order valence-corrected chi connectivity index (χ0v) is 11.2. The van der Waals surface area contributed by atoms with Crippen molar-refractivity contribution in [2.75, 3.05) is 12.8 Å². The maximum atomic E-state index is 14.1. The van der Waals surface area contributed by atoms with E-state index in [2.05, 4.69) is 0 Å². The minimum Gasteiger partial charge on any atom is -0.496 e. The van der Waals surface area contributed by atoms with E-state index in [1.807, 2.05) is 0 Å². The Morgan fingerprint density at radius 2 is 1.55 bits per heavy atom. The number of carbonyl (C=O) groups excluding carboxylic acids is 2. The minimum absolute atomic E-state index is 0.0125. The highest BCUT2D eigenvalue weighted by Gasteiger charge is 2.39. The van der Waals surface area contributed by atoms with Crippen LogP contribution in [0.3, 0.4) is 0 Å². The number of halogens is 3. The molecule has 0 atom stereocenters. The van der Waals surface area contributed by atoms with Gasteiger partial charge in [0, 0.05) is 5.56 Å². The molecule has 22 heavy (non-hydrogen) atoms. The van der Waals surface area contributed by atoms with Crippen LogP contribution in [0.4, 0.5) is 18.9 Å². The third kappa shape index (κ3) is 1.59. The van der Waals surface area contributed by atoms with E-state index in [0.29, 0.717) is 0 Å².